The van der Waals surface area contributed by atoms with E-state index in [1.54, 1.807) is 4.57 Å². The molecule has 0 N–H and O–H groups in total. The van der Waals surface area contributed by atoms with Crippen molar-refractivity contribution in [2.75, 3.05) is 12.4 Å². The lowest BCUT2D eigenvalue weighted by atomic mass is 10.1. The maximum absolute atomic E-state index is 12.7. The summed E-state index contributed by atoms with van der Waals surface area (Å²) in [6, 6.07) is 7.79. The quantitative estimate of drug-likeness (QED) is 0.801. The van der Waals surface area contributed by atoms with Gasteiger partial charge in [-0.2, -0.15) is 0 Å². The highest BCUT2D eigenvalue weighted by atomic mass is 32.2. The normalized spacial score (nSPS) is 18.2. The monoisotopic (exact) mass is 349 g/mol. The Morgan fingerprint density at radius 3 is 2.75 bits per heavy atom. The van der Waals surface area contributed by atoms with E-state index in [-0.39, 0.29) is 17.0 Å². The van der Waals surface area contributed by atoms with Crippen molar-refractivity contribution in [2.45, 2.75) is 50.9 Å². The molecular weight excluding hydrogens is 326 g/mol. The third-order valence-corrected chi connectivity index (χ3v) is 6.06. The minimum atomic E-state index is -3.48. The Hall–Kier alpha value is -1.73. The van der Waals surface area contributed by atoms with E-state index < -0.39 is 9.84 Å². The minimum absolute atomic E-state index is 0.0452. The predicted octanol–water partition coefficient (Wildman–Crippen LogP) is 2.62. The Morgan fingerprint density at radius 1 is 1.29 bits per heavy atom. The van der Waals surface area contributed by atoms with Crippen LogP contribution in [-0.4, -0.2) is 41.6 Å². The van der Waals surface area contributed by atoms with Gasteiger partial charge in [-0.3, -0.25) is 4.57 Å². The SMILES string of the molecule is CCn1c(-c2ccccc2C)nnc1S(=O)(=O)CC[C@@H]1CCCO1. The maximum Gasteiger partial charge on any atom is 0.249 e. The van der Waals surface area contributed by atoms with Crippen LogP contribution >= 0.6 is 0 Å². The second-order valence-corrected chi connectivity index (χ2v) is 8.11. The van der Waals surface area contributed by atoms with E-state index in [1.807, 2.05) is 38.1 Å². The maximum atomic E-state index is 12.7. The largest absolute Gasteiger partial charge is 0.378 e. The van der Waals surface area contributed by atoms with Crippen LogP contribution in [-0.2, 0) is 21.1 Å². The molecular formula is C17H23N3O3S. The molecule has 0 aliphatic carbocycles. The van der Waals surface area contributed by atoms with Crippen molar-refractivity contribution in [3.05, 3.63) is 29.8 Å². The average molecular weight is 349 g/mol. The fraction of sp³-hybridized carbons (Fsp3) is 0.529. The van der Waals surface area contributed by atoms with Crippen LogP contribution in [0.15, 0.2) is 29.4 Å². The van der Waals surface area contributed by atoms with Crippen LogP contribution in [0.2, 0.25) is 0 Å². The first-order valence-electron chi connectivity index (χ1n) is 8.36. The molecule has 6 nitrogen and oxygen atoms in total. The molecule has 1 aliphatic rings. The summed E-state index contributed by atoms with van der Waals surface area (Å²) in [4.78, 5) is 0. The Morgan fingerprint density at radius 2 is 2.08 bits per heavy atom. The summed E-state index contributed by atoms with van der Waals surface area (Å²) in [6.07, 6.45) is 2.50. The number of rotatable bonds is 6. The molecule has 1 saturated heterocycles. The van der Waals surface area contributed by atoms with Gasteiger partial charge >= 0.3 is 0 Å². The van der Waals surface area contributed by atoms with Gasteiger partial charge < -0.3 is 4.74 Å². The zero-order valence-corrected chi connectivity index (χ0v) is 14.9. The smallest absolute Gasteiger partial charge is 0.249 e. The van der Waals surface area contributed by atoms with E-state index in [1.165, 1.54) is 0 Å². The first-order valence-corrected chi connectivity index (χ1v) is 10.0. The van der Waals surface area contributed by atoms with E-state index in [9.17, 15) is 8.42 Å². The van der Waals surface area contributed by atoms with Gasteiger partial charge in [0.1, 0.15) is 0 Å². The molecule has 0 spiro atoms. The van der Waals surface area contributed by atoms with Crippen LogP contribution < -0.4 is 0 Å². The first-order chi connectivity index (χ1) is 11.5. The van der Waals surface area contributed by atoms with Crippen molar-refractivity contribution in [1.82, 2.24) is 14.8 Å². The lowest BCUT2D eigenvalue weighted by Gasteiger charge is -2.11. The molecule has 130 valence electrons. The van der Waals surface area contributed by atoms with Gasteiger partial charge in [-0.15, -0.1) is 10.2 Å². The minimum Gasteiger partial charge on any atom is -0.378 e. The van der Waals surface area contributed by atoms with E-state index in [4.69, 9.17) is 4.74 Å². The van der Waals surface area contributed by atoms with E-state index in [0.717, 1.165) is 30.6 Å². The van der Waals surface area contributed by atoms with Crippen LogP contribution in [0, 0.1) is 6.92 Å². The summed E-state index contributed by atoms with van der Waals surface area (Å²) in [5.41, 5.74) is 1.95. The van der Waals surface area contributed by atoms with Gasteiger partial charge in [-0.1, -0.05) is 24.3 Å². The van der Waals surface area contributed by atoms with Crippen LogP contribution in [0.1, 0.15) is 31.7 Å². The van der Waals surface area contributed by atoms with Crippen LogP contribution in [0.5, 0.6) is 0 Å². The molecule has 2 heterocycles. The summed E-state index contributed by atoms with van der Waals surface area (Å²) >= 11 is 0. The third kappa shape index (κ3) is 3.37. The van der Waals surface area contributed by atoms with Crippen LogP contribution in [0.3, 0.4) is 0 Å². The fourth-order valence-electron chi connectivity index (χ4n) is 3.08. The molecule has 1 atom stereocenters. The third-order valence-electron chi connectivity index (χ3n) is 4.43. The number of aromatic nitrogens is 3. The molecule has 1 aromatic heterocycles. The molecule has 0 radical (unpaired) electrons. The van der Waals surface area contributed by atoms with Crippen molar-refractivity contribution < 1.29 is 13.2 Å². The Bertz CT molecular complexity index is 808. The molecule has 1 aromatic carbocycles. The summed E-state index contributed by atoms with van der Waals surface area (Å²) in [6.45, 7) is 5.12. The molecule has 0 bridgehead atoms. The highest BCUT2D eigenvalue weighted by Crippen LogP contribution is 2.25. The standard InChI is InChI=1S/C17H23N3O3S/c1-3-20-16(15-9-5-4-7-13(15)2)18-19-17(20)24(21,22)12-10-14-8-6-11-23-14/h4-5,7,9,14H,3,6,8,10-12H2,1-2H3/t14-/m0/s1. The Balaban J connectivity index is 1.89. The first kappa shape index (κ1) is 17.1. The molecule has 3 rings (SSSR count). The second-order valence-electron chi connectivity index (χ2n) is 6.11. The molecule has 1 aliphatic heterocycles. The van der Waals surface area contributed by atoms with Crippen molar-refractivity contribution >= 4 is 9.84 Å². The van der Waals surface area contributed by atoms with Gasteiger partial charge in [0.05, 0.1) is 11.9 Å². The zero-order valence-electron chi connectivity index (χ0n) is 14.1. The molecule has 2 aromatic rings. The molecule has 24 heavy (non-hydrogen) atoms. The lowest BCUT2D eigenvalue weighted by molar-refractivity contribution is 0.109. The summed E-state index contributed by atoms with van der Waals surface area (Å²) < 4.78 is 32.7. The van der Waals surface area contributed by atoms with Gasteiger partial charge in [-0.25, -0.2) is 8.42 Å². The number of hydrogen-bond acceptors (Lipinski definition) is 5. The van der Waals surface area contributed by atoms with Crippen LogP contribution in [0.4, 0.5) is 0 Å². The molecule has 0 unspecified atom stereocenters. The molecule has 0 saturated carbocycles. The van der Waals surface area contributed by atoms with Gasteiger partial charge in [0.15, 0.2) is 5.82 Å². The highest BCUT2D eigenvalue weighted by Gasteiger charge is 2.27. The molecule has 7 heteroatoms. The van der Waals surface area contributed by atoms with Crippen LogP contribution in [0.25, 0.3) is 11.4 Å². The summed E-state index contributed by atoms with van der Waals surface area (Å²) in [7, 11) is -3.48. The average Bonchev–Trinajstić information content (AvgIpc) is 3.23. The Kier molecular flexibility index (Phi) is 5.01. The number of ether oxygens (including phenoxy) is 1. The number of aryl methyl sites for hydroxylation is 1. The summed E-state index contributed by atoms with van der Waals surface area (Å²) in [5.74, 6) is 0.648. The second kappa shape index (κ2) is 7.03. The van der Waals surface area contributed by atoms with Gasteiger partial charge in [0.2, 0.25) is 15.0 Å². The van der Waals surface area contributed by atoms with E-state index in [0.29, 0.717) is 18.8 Å². The van der Waals surface area contributed by atoms with E-state index >= 15 is 0 Å². The van der Waals surface area contributed by atoms with E-state index in [2.05, 4.69) is 10.2 Å². The van der Waals surface area contributed by atoms with Crippen molar-refractivity contribution in [1.29, 1.82) is 0 Å². The zero-order chi connectivity index (χ0) is 17.2. The topological polar surface area (TPSA) is 74.1 Å². The summed E-state index contributed by atoms with van der Waals surface area (Å²) in [5, 5.41) is 8.23. The van der Waals surface area contributed by atoms with Gasteiger partial charge in [0, 0.05) is 18.7 Å². The highest BCUT2D eigenvalue weighted by molar-refractivity contribution is 7.91. The lowest BCUT2D eigenvalue weighted by Crippen LogP contribution is -2.18. The number of nitrogens with zero attached hydrogens (tertiary/aromatic N) is 3. The molecule has 0 amide bonds. The number of hydrogen-bond donors (Lipinski definition) is 0. The number of benzene rings is 1. The Labute approximate surface area is 142 Å². The predicted molar refractivity (Wildman–Crippen MR) is 91.5 cm³/mol. The van der Waals surface area contributed by atoms with Crippen molar-refractivity contribution in [2.24, 2.45) is 0 Å². The number of sulfone groups is 1. The molecule has 1 fully saturated rings. The van der Waals surface area contributed by atoms with Gasteiger partial charge in [0.25, 0.3) is 0 Å². The fourth-order valence-corrected chi connectivity index (χ4v) is 4.55. The van der Waals surface area contributed by atoms with Crippen molar-refractivity contribution in [3.63, 3.8) is 0 Å². The van der Waals surface area contributed by atoms with Gasteiger partial charge in [-0.05, 0) is 38.7 Å². The van der Waals surface area contributed by atoms with Crippen molar-refractivity contribution in [3.8, 4) is 11.4 Å².